The molecule has 0 amide bonds. The Morgan fingerprint density at radius 1 is 0.700 bits per heavy atom. The lowest BCUT2D eigenvalue weighted by Crippen LogP contribution is -2.69. The van der Waals surface area contributed by atoms with Gasteiger partial charge in [-0.15, -0.1) is 0 Å². The van der Waals surface area contributed by atoms with Crippen LogP contribution in [0, 0.1) is 5.41 Å². The van der Waals surface area contributed by atoms with Crippen molar-refractivity contribution in [2.75, 3.05) is 7.05 Å². The minimum atomic E-state index is 0.437. The smallest absolute Gasteiger partial charge is 0.0262 e. The van der Waals surface area contributed by atoms with Gasteiger partial charge in [0, 0.05) is 11.1 Å². The molecule has 1 aliphatic heterocycles. The molecular formula is C19H37N. The topological polar surface area (TPSA) is 3.24 Å². The van der Waals surface area contributed by atoms with E-state index in [1.54, 1.807) is 0 Å². The van der Waals surface area contributed by atoms with Crippen molar-refractivity contribution >= 4 is 0 Å². The van der Waals surface area contributed by atoms with Gasteiger partial charge in [-0.25, -0.2) is 0 Å². The molecule has 2 rings (SSSR count). The summed E-state index contributed by atoms with van der Waals surface area (Å²) in [7, 11) is 2.48. The zero-order valence-corrected chi connectivity index (χ0v) is 14.7. The van der Waals surface area contributed by atoms with E-state index in [0.717, 1.165) is 0 Å². The Labute approximate surface area is 127 Å². The van der Waals surface area contributed by atoms with Crippen LogP contribution in [0.2, 0.25) is 0 Å². The zero-order chi connectivity index (χ0) is 14.9. The Balaban J connectivity index is 2.41. The Kier molecular flexibility index (Phi) is 4.89. The summed E-state index contributed by atoms with van der Waals surface area (Å²) >= 11 is 0. The maximum absolute atomic E-state index is 2.91. The molecule has 0 N–H and O–H groups in total. The predicted octanol–water partition coefficient (Wildman–Crippen LogP) is 5.78. The second-order valence-corrected chi connectivity index (χ2v) is 7.57. The first-order chi connectivity index (χ1) is 9.56. The van der Waals surface area contributed by atoms with E-state index in [1.165, 1.54) is 70.6 Å². The predicted molar refractivity (Wildman–Crippen MR) is 89.1 cm³/mol. The number of likely N-dealkylation sites (tertiary alicyclic amines) is 1. The summed E-state index contributed by atoms with van der Waals surface area (Å²) in [4.78, 5) is 2.91. The Hall–Kier alpha value is -0.0400. The monoisotopic (exact) mass is 279 g/mol. The van der Waals surface area contributed by atoms with E-state index in [9.17, 15) is 0 Å². The van der Waals surface area contributed by atoms with Gasteiger partial charge in [0.15, 0.2) is 0 Å². The molecule has 2 aliphatic rings. The molecule has 1 saturated heterocycles. The van der Waals surface area contributed by atoms with Gasteiger partial charge >= 0.3 is 0 Å². The molecule has 0 aromatic heterocycles. The highest BCUT2D eigenvalue weighted by molar-refractivity contribution is 5.13. The van der Waals surface area contributed by atoms with E-state index in [1.807, 2.05) is 0 Å². The Morgan fingerprint density at radius 3 is 1.70 bits per heavy atom. The maximum atomic E-state index is 2.91. The van der Waals surface area contributed by atoms with Gasteiger partial charge in [-0.1, -0.05) is 47.0 Å². The summed E-state index contributed by atoms with van der Waals surface area (Å²) < 4.78 is 0. The molecule has 1 aliphatic carbocycles. The standard InChI is InChI=1S/C19H37N/c1-6-17(7-2)15-16-18(13-11-10-12-14-18)20(5)19(17,8-3)9-4/h6-16H2,1-5H3. The molecule has 0 unspecified atom stereocenters. The van der Waals surface area contributed by atoms with Crippen molar-refractivity contribution in [1.29, 1.82) is 0 Å². The van der Waals surface area contributed by atoms with Gasteiger partial charge < -0.3 is 0 Å². The molecule has 0 atom stereocenters. The second kappa shape index (κ2) is 5.99. The SMILES string of the molecule is CCC1(CC)CCC2(CCCCC2)N(C)C1(CC)CC. The van der Waals surface area contributed by atoms with Gasteiger partial charge in [-0.3, -0.25) is 4.90 Å². The highest BCUT2D eigenvalue weighted by Crippen LogP contribution is 2.58. The third-order valence-electron chi connectivity index (χ3n) is 7.72. The molecule has 20 heavy (non-hydrogen) atoms. The van der Waals surface area contributed by atoms with Crippen molar-refractivity contribution in [1.82, 2.24) is 4.90 Å². The van der Waals surface area contributed by atoms with E-state index in [2.05, 4.69) is 39.6 Å². The van der Waals surface area contributed by atoms with Crippen molar-refractivity contribution in [3.8, 4) is 0 Å². The fraction of sp³-hybridized carbons (Fsp3) is 1.00. The van der Waals surface area contributed by atoms with Crippen molar-refractivity contribution in [3.63, 3.8) is 0 Å². The van der Waals surface area contributed by atoms with E-state index in [-0.39, 0.29) is 0 Å². The second-order valence-electron chi connectivity index (χ2n) is 7.57. The Morgan fingerprint density at radius 2 is 1.25 bits per heavy atom. The van der Waals surface area contributed by atoms with Crippen LogP contribution < -0.4 is 0 Å². The third kappa shape index (κ3) is 2.07. The molecule has 0 aromatic rings. The molecule has 1 spiro atoms. The molecule has 0 radical (unpaired) electrons. The minimum absolute atomic E-state index is 0.437. The molecule has 1 heteroatoms. The van der Waals surface area contributed by atoms with Crippen LogP contribution in [0.5, 0.6) is 0 Å². The quantitative estimate of drug-likeness (QED) is 0.630. The van der Waals surface area contributed by atoms with Crippen LogP contribution in [-0.4, -0.2) is 23.0 Å². The van der Waals surface area contributed by atoms with Crippen molar-refractivity contribution < 1.29 is 0 Å². The molecule has 0 aromatic carbocycles. The summed E-state index contributed by atoms with van der Waals surface area (Å²) in [6, 6.07) is 0. The van der Waals surface area contributed by atoms with Gasteiger partial charge in [0.25, 0.3) is 0 Å². The van der Waals surface area contributed by atoms with E-state index < -0.39 is 0 Å². The lowest BCUT2D eigenvalue weighted by molar-refractivity contribution is -0.152. The molecule has 1 nitrogen and oxygen atoms in total. The van der Waals surface area contributed by atoms with Gasteiger partial charge in [0.1, 0.15) is 0 Å². The summed E-state index contributed by atoms with van der Waals surface area (Å²) in [6.07, 6.45) is 15.6. The average molecular weight is 280 g/mol. The number of rotatable bonds is 4. The molecular weight excluding hydrogens is 242 g/mol. The summed E-state index contributed by atoms with van der Waals surface area (Å²) in [6.45, 7) is 9.77. The first kappa shape index (κ1) is 16.3. The van der Waals surface area contributed by atoms with Crippen LogP contribution in [-0.2, 0) is 0 Å². The largest absolute Gasteiger partial charge is 0.294 e. The fourth-order valence-corrected chi connectivity index (χ4v) is 6.21. The van der Waals surface area contributed by atoms with Crippen LogP contribution in [0.3, 0.4) is 0 Å². The first-order valence-electron chi connectivity index (χ1n) is 9.30. The highest BCUT2D eigenvalue weighted by Gasteiger charge is 2.58. The van der Waals surface area contributed by atoms with Crippen molar-refractivity contribution in [2.24, 2.45) is 5.41 Å². The van der Waals surface area contributed by atoms with Gasteiger partial charge in [-0.2, -0.15) is 0 Å². The van der Waals surface area contributed by atoms with Gasteiger partial charge in [0.2, 0.25) is 0 Å². The number of hydrogen-bond acceptors (Lipinski definition) is 1. The van der Waals surface area contributed by atoms with Crippen LogP contribution in [0.1, 0.15) is 98.3 Å². The Bertz CT molecular complexity index is 306. The minimum Gasteiger partial charge on any atom is -0.294 e. The fourth-order valence-electron chi connectivity index (χ4n) is 6.21. The van der Waals surface area contributed by atoms with Crippen LogP contribution in [0.15, 0.2) is 0 Å². The van der Waals surface area contributed by atoms with Crippen LogP contribution in [0.4, 0.5) is 0 Å². The first-order valence-corrected chi connectivity index (χ1v) is 9.30. The van der Waals surface area contributed by atoms with Crippen LogP contribution >= 0.6 is 0 Å². The lowest BCUT2D eigenvalue weighted by atomic mass is 9.54. The molecule has 1 heterocycles. The summed E-state index contributed by atoms with van der Waals surface area (Å²) in [5.74, 6) is 0. The van der Waals surface area contributed by atoms with E-state index >= 15 is 0 Å². The molecule has 0 bridgehead atoms. The number of hydrogen-bond donors (Lipinski definition) is 0. The van der Waals surface area contributed by atoms with E-state index in [4.69, 9.17) is 0 Å². The highest BCUT2D eigenvalue weighted by atomic mass is 15.3. The van der Waals surface area contributed by atoms with E-state index in [0.29, 0.717) is 16.5 Å². The van der Waals surface area contributed by atoms with Gasteiger partial charge in [0.05, 0.1) is 0 Å². The average Bonchev–Trinajstić information content (AvgIpc) is 2.52. The molecule has 2 fully saturated rings. The lowest BCUT2D eigenvalue weighted by Gasteiger charge is -2.66. The van der Waals surface area contributed by atoms with Gasteiger partial charge in [-0.05, 0) is 63.8 Å². The van der Waals surface area contributed by atoms with Crippen molar-refractivity contribution in [2.45, 2.75) is 109 Å². The number of piperidine rings is 1. The van der Waals surface area contributed by atoms with Crippen molar-refractivity contribution in [3.05, 3.63) is 0 Å². The number of nitrogens with zero attached hydrogens (tertiary/aromatic N) is 1. The third-order valence-corrected chi connectivity index (χ3v) is 7.72. The summed E-state index contributed by atoms with van der Waals surface area (Å²) in [5.41, 5.74) is 1.53. The maximum Gasteiger partial charge on any atom is 0.0262 e. The zero-order valence-electron chi connectivity index (χ0n) is 14.7. The molecule has 1 saturated carbocycles. The summed E-state index contributed by atoms with van der Waals surface area (Å²) in [5, 5.41) is 0. The van der Waals surface area contributed by atoms with Crippen LogP contribution in [0.25, 0.3) is 0 Å². The normalized spacial score (nSPS) is 28.6. The molecule has 118 valence electrons.